The van der Waals surface area contributed by atoms with E-state index >= 15 is 0 Å². The molecule has 110 valence electrons. The van der Waals surface area contributed by atoms with Gasteiger partial charge in [-0.25, -0.2) is 8.42 Å². The maximum Gasteiger partial charge on any atom is 0.248 e. The first-order chi connectivity index (χ1) is 9.46. The van der Waals surface area contributed by atoms with Crippen LogP contribution in [-0.2, 0) is 14.8 Å². The van der Waals surface area contributed by atoms with E-state index in [1.807, 2.05) is 0 Å². The fraction of sp³-hybridized carbons (Fsp3) is 0.500. The number of nitrogens with zero attached hydrogens (tertiary/aromatic N) is 1. The van der Waals surface area contributed by atoms with Gasteiger partial charge in [-0.1, -0.05) is 0 Å². The zero-order valence-corrected chi connectivity index (χ0v) is 11.9. The average Bonchev–Trinajstić information content (AvgIpc) is 2.47. The number of aromatic amines is 1. The minimum atomic E-state index is -3.79. The Morgan fingerprint density at radius 1 is 1.40 bits per heavy atom. The number of amides is 1. The summed E-state index contributed by atoms with van der Waals surface area (Å²) in [5.41, 5.74) is -0.530. The van der Waals surface area contributed by atoms with Crippen LogP contribution in [-0.4, -0.2) is 43.8 Å². The molecule has 7 nitrogen and oxygen atoms in total. The molecule has 1 aromatic rings. The molecule has 1 saturated heterocycles. The van der Waals surface area contributed by atoms with Crippen LogP contribution in [0.3, 0.4) is 0 Å². The lowest BCUT2D eigenvalue weighted by Gasteiger charge is -2.30. The predicted octanol–water partition coefficient (Wildman–Crippen LogP) is -0.478. The van der Waals surface area contributed by atoms with Crippen molar-refractivity contribution in [3.05, 3.63) is 28.7 Å². The van der Waals surface area contributed by atoms with E-state index in [-0.39, 0.29) is 29.8 Å². The van der Waals surface area contributed by atoms with Crippen LogP contribution in [0.25, 0.3) is 0 Å². The topological polar surface area (TPSA) is 99.3 Å². The smallest absolute Gasteiger partial charge is 0.248 e. The number of carbonyl (C=O) groups is 1. The summed E-state index contributed by atoms with van der Waals surface area (Å²) in [4.78, 5) is 25.5. The van der Waals surface area contributed by atoms with Gasteiger partial charge in [-0.3, -0.25) is 9.59 Å². The van der Waals surface area contributed by atoms with Gasteiger partial charge in [0.15, 0.2) is 0 Å². The van der Waals surface area contributed by atoms with Crippen LogP contribution in [0.1, 0.15) is 12.8 Å². The number of nitrogens with one attached hydrogen (secondary N) is 2. The SMILES string of the molecule is CNC(=O)C1CCN(S(=O)(=O)c2c[nH]ccc2=O)CC1. The Bertz CT molecular complexity index is 645. The second-order valence-electron chi connectivity index (χ2n) is 4.67. The molecule has 20 heavy (non-hydrogen) atoms. The Morgan fingerprint density at radius 3 is 2.60 bits per heavy atom. The zero-order chi connectivity index (χ0) is 14.8. The van der Waals surface area contributed by atoms with Crippen molar-refractivity contribution in [2.45, 2.75) is 17.7 Å². The van der Waals surface area contributed by atoms with Crippen LogP contribution >= 0.6 is 0 Å². The number of hydrogen-bond donors (Lipinski definition) is 2. The Balaban J connectivity index is 2.16. The first kappa shape index (κ1) is 14.7. The van der Waals surface area contributed by atoms with E-state index in [2.05, 4.69) is 10.3 Å². The molecular weight excluding hydrogens is 282 g/mol. The minimum Gasteiger partial charge on any atom is -0.366 e. The molecule has 2 rings (SSSR count). The van der Waals surface area contributed by atoms with Crippen molar-refractivity contribution in [3.8, 4) is 0 Å². The first-order valence-electron chi connectivity index (χ1n) is 6.35. The van der Waals surface area contributed by atoms with Gasteiger partial charge in [-0.15, -0.1) is 0 Å². The highest BCUT2D eigenvalue weighted by atomic mass is 32.2. The van der Waals surface area contributed by atoms with E-state index in [0.717, 1.165) is 0 Å². The van der Waals surface area contributed by atoms with Gasteiger partial charge in [-0.05, 0) is 12.8 Å². The normalized spacial score (nSPS) is 17.9. The number of rotatable bonds is 3. The van der Waals surface area contributed by atoms with Crippen LogP contribution < -0.4 is 10.7 Å². The maximum absolute atomic E-state index is 12.4. The summed E-state index contributed by atoms with van der Waals surface area (Å²) in [5.74, 6) is -0.236. The highest BCUT2D eigenvalue weighted by Gasteiger charge is 2.32. The molecule has 0 radical (unpaired) electrons. The Morgan fingerprint density at radius 2 is 2.05 bits per heavy atom. The van der Waals surface area contributed by atoms with E-state index in [1.54, 1.807) is 7.05 Å². The number of piperidine rings is 1. The van der Waals surface area contributed by atoms with Crippen molar-refractivity contribution >= 4 is 15.9 Å². The van der Waals surface area contributed by atoms with E-state index in [0.29, 0.717) is 12.8 Å². The lowest BCUT2D eigenvalue weighted by atomic mass is 9.97. The van der Waals surface area contributed by atoms with Crippen LogP contribution in [0.15, 0.2) is 28.2 Å². The van der Waals surface area contributed by atoms with Gasteiger partial charge in [-0.2, -0.15) is 4.31 Å². The summed E-state index contributed by atoms with van der Waals surface area (Å²) in [7, 11) is -2.23. The summed E-state index contributed by atoms with van der Waals surface area (Å²) in [6, 6.07) is 1.18. The summed E-state index contributed by atoms with van der Waals surface area (Å²) >= 11 is 0. The highest BCUT2D eigenvalue weighted by molar-refractivity contribution is 7.89. The molecule has 0 aromatic carbocycles. The van der Waals surface area contributed by atoms with Gasteiger partial charge in [0.2, 0.25) is 21.4 Å². The second-order valence-corrected chi connectivity index (χ2v) is 6.57. The van der Waals surface area contributed by atoms with Gasteiger partial charge >= 0.3 is 0 Å². The van der Waals surface area contributed by atoms with E-state index < -0.39 is 15.5 Å². The van der Waals surface area contributed by atoms with Crippen LogP contribution in [0.5, 0.6) is 0 Å². The van der Waals surface area contributed by atoms with Crippen LogP contribution in [0, 0.1) is 5.92 Å². The number of pyridine rings is 1. The third-order valence-corrected chi connectivity index (χ3v) is 5.40. The minimum absolute atomic E-state index is 0.0698. The molecule has 0 aliphatic carbocycles. The van der Waals surface area contributed by atoms with Gasteiger partial charge in [0, 0.05) is 44.5 Å². The van der Waals surface area contributed by atoms with Gasteiger partial charge in [0.1, 0.15) is 4.90 Å². The predicted molar refractivity (Wildman–Crippen MR) is 72.6 cm³/mol. The third kappa shape index (κ3) is 2.75. The Kier molecular flexibility index (Phi) is 4.24. The lowest BCUT2D eigenvalue weighted by Crippen LogP contribution is -2.43. The molecule has 1 aliphatic heterocycles. The van der Waals surface area contributed by atoms with Crippen LogP contribution in [0.2, 0.25) is 0 Å². The van der Waals surface area contributed by atoms with Crippen molar-refractivity contribution in [3.63, 3.8) is 0 Å². The lowest BCUT2D eigenvalue weighted by molar-refractivity contribution is -0.125. The monoisotopic (exact) mass is 299 g/mol. The molecule has 0 spiro atoms. The fourth-order valence-electron chi connectivity index (χ4n) is 2.30. The quantitative estimate of drug-likeness (QED) is 0.787. The van der Waals surface area contributed by atoms with Crippen molar-refractivity contribution in [2.75, 3.05) is 20.1 Å². The van der Waals surface area contributed by atoms with Gasteiger partial charge < -0.3 is 10.3 Å². The summed E-state index contributed by atoms with van der Waals surface area (Å²) < 4.78 is 26.0. The van der Waals surface area contributed by atoms with E-state index in [1.165, 1.54) is 22.8 Å². The first-order valence-corrected chi connectivity index (χ1v) is 7.79. The van der Waals surface area contributed by atoms with Crippen LogP contribution in [0.4, 0.5) is 0 Å². The molecule has 0 saturated carbocycles. The molecule has 0 atom stereocenters. The molecule has 2 N–H and O–H groups in total. The standard InChI is InChI=1S/C12H17N3O4S/c1-13-12(17)9-3-6-15(7-4-9)20(18,19)11-8-14-5-2-10(11)16/h2,5,8-9H,3-4,6-7H2,1H3,(H,13,17)(H,14,16). The van der Waals surface area contributed by atoms with E-state index in [4.69, 9.17) is 0 Å². The number of carbonyl (C=O) groups excluding carboxylic acids is 1. The molecule has 1 aliphatic rings. The molecule has 2 heterocycles. The highest BCUT2D eigenvalue weighted by Crippen LogP contribution is 2.22. The Hall–Kier alpha value is -1.67. The number of aromatic nitrogens is 1. The number of H-pyrrole nitrogens is 1. The van der Waals surface area contributed by atoms with Crippen molar-refractivity contribution < 1.29 is 13.2 Å². The van der Waals surface area contributed by atoms with Crippen molar-refractivity contribution in [1.82, 2.24) is 14.6 Å². The van der Waals surface area contributed by atoms with Crippen molar-refractivity contribution in [1.29, 1.82) is 0 Å². The summed E-state index contributed by atoms with van der Waals surface area (Å²) in [6.45, 7) is 0.490. The number of hydrogen-bond acceptors (Lipinski definition) is 4. The molecule has 1 fully saturated rings. The van der Waals surface area contributed by atoms with Crippen molar-refractivity contribution in [2.24, 2.45) is 5.92 Å². The molecule has 0 unspecified atom stereocenters. The molecule has 1 amide bonds. The molecule has 8 heteroatoms. The molecular formula is C12H17N3O4S. The fourth-order valence-corrected chi connectivity index (χ4v) is 3.81. The number of sulfonamides is 1. The largest absolute Gasteiger partial charge is 0.366 e. The zero-order valence-electron chi connectivity index (χ0n) is 11.1. The Labute approximate surface area is 117 Å². The molecule has 1 aromatic heterocycles. The summed E-state index contributed by atoms with van der Waals surface area (Å²) in [5, 5.41) is 2.57. The molecule has 0 bridgehead atoms. The maximum atomic E-state index is 12.4. The average molecular weight is 299 g/mol. The third-order valence-electron chi connectivity index (χ3n) is 3.48. The van der Waals surface area contributed by atoms with Gasteiger partial charge in [0.25, 0.3) is 0 Å². The second kappa shape index (κ2) is 5.76. The van der Waals surface area contributed by atoms with E-state index in [9.17, 15) is 18.0 Å². The summed E-state index contributed by atoms with van der Waals surface area (Å²) in [6.07, 6.45) is 3.51. The van der Waals surface area contributed by atoms with Gasteiger partial charge in [0.05, 0.1) is 0 Å².